The number of carbonyl (C=O) groups is 1. The Labute approximate surface area is 70.2 Å². The molecule has 0 saturated heterocycles. The Bertz CT molecular complexity index is 339. The van der Waals surface area contributed by atoms with Crippen molar-refractivity contribution in [1.29, 1.82) is 0 Å². The fraction of sp³-hybridized carbons (Fsp3) is 0.143. The van der Waals surface area contributed by atoms with E-state index in [1.165, 1.54) is 0 Å². The van der Waals surface area contributed by atoms with Crippen LogP contribution in [-0.2, 0) is 0 Å². The number of aromatic nitrogens is 1. The van der Waals surface area contributed by atoms with Crippen LogP contribution in [0.4, 0.5) is 17.6 Å². The Morgan fingerprint density at radius 3 is 2.38 bits per heavy atom. The van der Waals surface area contributed by atoms with Crippen molar-refractivity contribution >= 4 is 5.78 Å². The smallest absolute Gasteiger partial charge is 0.288 e. The summed E-state index contributed by atoms with van der Waals surface area (Å²) in [7, 11) is 0. The number of Topliss-reactive ketones (excluding diaryl/α,β-unsaturated/α-hetero) is 1. The second-order valence-electron chi connectivity index (χ2n) is 2.14. The average molecular weight is 193 g/mol. The molecule has 1 aromatic rings. The number of halogens is 4. The van der Waals surface area contributed by atoms with Crippen LogP contribution in [0, 0.1) is 11.9 Å². The normalized spacial score (nSPS) is 10.5. The summed E-state index contributed by atoms with van der Waals surface area (Å²) in [5.74, 6) is -4.39. The molecular formula is C7H3F4NO. The van der Waals surface area contributed by atoms with Gasteiger partial charge in [0.2, 0.25) is 17.7 Å². The van der Waals surface area contributed by atoms with Gasteiger partial charge in [0.05, 0.1) is 5.56 Å². The van der Waals surface area contributed by atoms with Crippen molar-refractivity contribution in [3.05, 3.63) is 29.6 Å². The summed E-state index contributed by atoms with van der Waals surface area (Å²) in [5.41, 5.74) is -0.906. The first kappa shape index (κ1) is 9.63. The van der Waals surface area contributed by atoms with Crippen molar-refractivity contribution < 1.29 is 22.4 Å². The molecule has 1 rings (SSSR count). The third-order valence-electron chi connectivity index (χ3n) is 1.28. The Kier molecular flexibility index (Phi) is 2.60. The third-order valence-corrected chi connectivity index (χ3v) is 1.28. The average Bonchev–Trinajstić information content (AvgIpc) is 2.03. The molecule has 0 radical (unpaired) electrons. The van der Waals surface area contributed by atoms with Gasteiger partial charge in [0, 0.05) is 0 Å². The minimum Gasteiger partial charge on any atom is -0.288 e. The standard InChI is InChI=1S/C7H3F4NO/c8-4-2-1-3(7(11)12-4)5(13)6(9)10/h1-2,6H. The largest absolute Gasteiger partial charge is 0.300 e. The summed E-state index contributed by atoms with van der Waals surface area (Å²) in [6.07, 6.45) is -3.32. The van der Waals surface area contributed by atoms with Crippen LogP contribution in [0.3, 0.4) is 0 Å². The maximum atomic E-state index is 12.6. The van der Waals surface area contributed by atoms with E-state index in [0.29, 0.717) is 12.1 Å². The Morgan fingerprint density at radius 1 is 1.31 bits per heavy atom. The highest BCUT2D eigenvalue weighted by molar-refractivity contribution is 5.98. The van der Waals surface area contributed by atoms with Crippen LogP contribution in [0.1, 0.15) is 10.4 Å². The number of hydrogen-bond donors (Lipinski definition) is 0. The van der Waals surface area contributed by atoms with Gasteiger partial charge in [-0.3, -0.25) is 4.79 Å². The number of rotatable bonds is 2. The number of nitrogens with zero attached hydrogens (tertiary/aromatic N) is 1. The molecule has 0 aliphatic carbocycles. The first-order chi connectivity index (χ1) is 6.02. The molecule has 70 valence electrons. The van der Waals surface area contributed by atoms with E-state index in [9.17, 15) is 22.4 Å². The van der Waals surface area contributed by atoms with Gasteiger partial charge >= 0.3 is 6.43 Å². The van der Waals surface area contributed by atoms with E-state index < -0.39 is 29.7 Å². The number of hydrogen-bond acceptors (Lipinski definition) is 2. The van der Waals surface area contributed by atoms with Crippen LogP contribution in [0.5, 0.6) is 0 Å². The van der Waals surface area contributed by atoms with E-state index in [1.54, 1.807) is 0 Å². The molecule has 0 atom stereocenters. The van der Waals surface area contributed by atoms with Crippen LogP contribution >= 0.6 is 0 Å². The molecule has 0 N–H and O–H groups in total. The summed E-state index contributed by atoms with van der Waals surface area (Å²) in [4.78, 5) is 13.1. The second kappa shape index (κ2) is 3.51. The quantitative estimate of drug-likeness (QED) is 0.407. The third kappa shape index (κ3) is 2.01. The second-order valence-corrected chi connectivity index (χ2v) is 2.14. The van der Waals surface area contributed by atoms with Crippen LogP contribution < -0.4 is 0 Å². The SMILES string of the molecule is O=C(c1ccc(F)nc1F)C(F)F. The van der Waals surface area contributed by atoms with Crippen molar-refractivity contribution in [2.24, 2.45) is 0 Å². The fourth-order valence-electron chi connectivity index (χ4n) is 0.713. The molecule has 0 aromatic carbocycles. The Balaban J connectivity index is 3.09. The van der Waals surface area contributed by atoms with Crippen LogP contribution in [-0.4, -0.2) is 17.2 Å². The van der Waals surface area contributed by atoms with Gasteiger partial charge in [0.25, 0.3) is 0 Å². The highest BCUT2D eigenvalue weighted by Crippen LogP contribution is 2.10. The number of ketones is 1. The van der Waals surface area contributed by atoms with Gasteiger partial charge < -0.3 is 0 Å². The van der Waals surface area contributed by atoms with E-state index in [2.05, 4.69) is 4.98 Å². The number of alkyl halides is 2. The lowest BCUT2D eigenvalue weighted by Gasteiger charge is -1.99. The molecule has 0 aliphatic rings. The zero-order valence-corrected chi connectivity index (χ0v) is 6.10. The highest BCUT2D eigenvalue weighted by Gasteiger charge is 2.22. The van der Waals surface area contributed by atoms with E-state index in [-0.39, 0.29) is 0 Å². The maximum absolute atomic E-state index is 12.6. The van der Waals surface area contributed by atoms with Crippen molar-refractivity contribution in [1.82, 2.24) is 4.98 Å². The van der Waals surface area contributed by atoms with Gasteiger partial charge in [-0.25, -0.2) is 8.78 Å². The predicted octanol–water partition coefficient (Wildman–Crippen LogP) is 1.81. The topological polar surface area (TPSA) is 30.0 Å². The molecule has 0 aliphatic heterocycles. The van der Waals surface area contributed by atoms with Gasteiger partial charge in [0.15, 0.2) is 0 Å². The van der Waals surface area contributed by atoms with Crippen LogP contribution in [0.25, 0.3) is 0 Å². The van der Waals surface area contributed by atoms with E-state index in [0.717, 1.165) is 0 Å². The molecule has 6 heteroatoms. The first-order valence-corrected chi connectivity index (χ1v) is 3.17. The monoisotopic (exact) mass is 193 g/mol. The molecule has 13 heavy (non-hydrogen) atoms. The lowest BCUT2D eigenvalue weighted by atomic mass is 10.2. The molecule has 0 amide bonds. The van der Waals surface area contributed by atoms with Gasteiger partial charge in [-0.1, -0.05) is 0 Å². The minimum absolute atomic E-state index is 0.631. The molecular weight excluding hydrogens is 190 g/mol. The van der Waals surface area contributed by atoms with Crippen molar-refractivity contribution in [3.8, 4) is 0 Å². The van der Waals surface area contributed by atoms with Gasteiger partial charge in [-0.15, -0.1) is 0 Å². The van der Waals surface area contributed by atoms with Crippen LogP contribution in [0.15, 0.2) is 12.1 Å². The lowest BCUT2D eigenvalue weighted by Crippen LogP contribution is -2.13. The highest BCUT2D eigenvalue weighted by atomic mass is 19.3. The lowest BCUT2D eigenvalue weighted by molar-refractivity contribution is 0.0673. The molecule has 1 aromatic heterocycles. The van der Waals surface area contributed by atoms with Crippen molar-refractivity contribution in [3.63, 3.8) is 0 Å². The Morgan fingerprint density at radius 2 is 1.92 bits per heavy atom. The molecule has 1 heterocycles. The van der Waals surface area contributed by atoms with Gasteiger partial charge in [-0.05, 0) is 12.1 Å². The summed E-state index contributed by atoms with van der Waals surface area (Å²) in [6, 6.07) is 1.27. The summed E-state index contributed by atoms with van der Waals surface area (Å²) < 4.78 is 48.2. The van der Waals surface area contributed by atoms with E-state index in [4.69, 9.17) is 0 Å². The minimum atomic E-state index is -3.32. The van der Waals surface area contributed by atoms with Crippen molar-refractivity contribution in [2.45, 2.75) is 6.43 Å². The summed E-state index contributed by atoms with van der Waals surface area (Å²) >= 11 is 0. The van der Waals surface area contributed by atoms with E-state index in [1.807, 2.05) is 0 Å². The number of pyridine rings is 1. The van der Waals surface area contributed by atoms with Gasteiger partial charge in [-0.2, -0.15) is 13.8 Å². The molecule has 2 nitrogen and oxygen atoms in total. The molecule has 0 unspecified atom stereocenters. The summed E-state index contributed by atoms with van der Waals surface area (Å²) in [6.45, 7) is 0. The first-order valence-electron chi connectivity index (χ1n) is 3.17. The number of carbonyl (C=O) groups excluding carboxylic acids is 1. The predicted molar refractivity (Wildman–Crippen MR) is 34.5 cm³/mol. The molecule has 0 fully saturated rings. The zero-order valence-electron chi connectivity index (χ0n) is 6.10. The maximum Gasteiger partial charge on any atom is 0.300 e. The molecule has 0 spiro atoms. The molecule has 0 bridgehead atoms. The molecule has 0 saturated carbocycles. The fourth-order valence-corrected chi connectivity index (χ4v) is 0.713. The Hall–Kier alpha value is -1.46. The van der Waals surface area contributed by atoms with Gasteiger partial charge in [0.1, 0.15) is 0 Å². The zero-order chi connectivity index (χ0) is 10.0. The van der Waals surface area contributed by atoms with Crippen LogP contribution in [0.2, 0.25) is 0 Å². The van der Waals surface area contributed by atoms with E-state index >= 15 is 0 Å². The summed E-state index contributed by atoms with van der Waals surface area (Å²) in [5, 5.41) is 0. The van der Waals surface area contributed by atoms with Crippen molar-refractivity contribution in [2.75, 3.05) is 0 Å².